The Balaban J connectivity index is 1.40. The zero-order valence-corrected chi connectivity index (χ0v) is 51.8. The zero-order chi connectivity index (χ0) is 54.0. The average molecular weight is 1090 g/mol. The van der Waals surface area contributed by atoms with Gasteiger partial charge < -0.3 is 0 Å². The summed E-state index contributed by atoms with van der Waals surface area (Å²) in [6.45, 7) is 14.5. The number of thiophene rings is 3. The summed E-state index contributed by atoms with van der Waals surface area (Å²) >= 11 is 5.78. The van der Waals surface area contributed by atoms with Gasteiger partial charge in [-0.15, -0.1) is 34.0 Å². The first-order valence-corrected chi connectivity index (χ1v) is 34.9. The van der Waals surface area contributed by atoms with Gasteiger partial charge in [0, 0.05) is 30.9 Å². The van der Waals surface area contributed by atoms with Gasteiger partial charge in [-0.25, -0.2) is 0 Å². The van der Waals surface area contributed by atoms with Crippen LogP contribution in [0.15, 0.2) is 107 Å². The Labute approximate surface area is 486 Å². The van der Waals surface area contributed by atoms with Crippen molar-refractivity contribution in [2.24, 2.45) is 0 Å². The Morgan fingerprint density at radius 1 is 0.282 bits per heavy atom. The van der Waals surface area contributed by atoms with E-state index in [0.29, 0.717) is 0 Å². The van der Waals surface area contributed by atoms with Crippen LogP contribution < -0.4 is 0 Å². The smallest absolute Gasteiger partial charge is 0.0342 e. The summed E-state index contributed by atoms with van der Waals surface area (Å²) in [5.41, 5.74) is 24.3. The minimum absolute atomic E-state index is 0.0875. The van der Waals surface area contributed by atoms with Crippen molar-refractivity contribution in [1.82, 2.24) is 0 Å². The van der Waals surface area contributed by atoms with Crippen LogP contribution in [0.25, 0.3) is 64.7 Å². The molecule has 0 saturated carbocycles. The fourth-order valence-corrected chi connectivity index (χ4v) is 17.9. The summed E-state index contributed by atoms with van der Waals surface area (Å²) < 4.78 is 0. The molecule has 0 N–H and O–H groups in total. The molecule has 0 amide bonds. The Morgan fingerprint density at radius 3 is 0.731 bits per heavy atom. The summed E-state index contributed by atoms with van der Waals surface area (Å²) in [6.07, 6.45) is 38.4. The molecule has 4 aromatic carbocycles. The highest BCUT2D eigenvalue weighted by Crippen LogP contribution is 2.72. The van der Waals surface area contributed by atoms with Gasteiger partial charge in [0.1, 0.15) is 0 Å². The van der Waals surface area contributed by atoms with E-state index in [4.69, 9.17) is 0 Å². The molecular formula is C75H96S3. The van der Waals surface area contributed by atoms with Crippen LogP contribution in [-0.2, 0) is 16.2 Å². The van der Waals surface area contributed by atoms with E-state index in [2.05, 4.69) is 149 Å². The van der Waals surface area contributed by atoms with Crippen LogP contribution in [0.5, 0.6) is 0 Å². The Morgan fingerprint density at radius 2 is 0.526 bits per heavy atom. The van der Waals surface area contributed by atoms with Crippen molar-refractivity contribution in [3.8, 4) is 64.7 Å². The molecule has 0 fully saturated rings. The number of hydrogen-bond donors (Lipinski definition) is 0. The third kappa shape index (κ3) is 11.0. The van der Waals surface area contributed by atoms with Crippen LogP contribution >= 0.6 is 34.0 Å². The second-order valence-electron chi connectivity index (χ2n) is 24.6. The molecule has 414 valence electrons. The molecule has 0 unspecified atom stereocenters. The third-order valence-corrected chi connectivity index (χ3v) is 22.3. The lowest BCUT2D eigenvalue weighted by Gasteiger charge is -2.40. The maximum absolute atomic E-state index is 2.79. The van der Waals surface area contributed by atoms with Gasteiger partial charge in [0.25, 0.3) is 0 Å². The van der Waals surface area contributed by atoms with E-state index in [9.17, 15) is 0 Å². The van der Waals surface area contributed by atoms with Gasteiger partial charge in [-0.3, -0.25) is 0 Å². The fourth-order valence-electron chi connectivity index (χ4n) is 15.7. The predicted octanol–water partition coefficient (Wildman–Crippen LogP) is 25.5. The molecule has 0 bridgehead atoms. The number of hydrogen-bond acceptors (Lipinski definition) is 3. The largest absolute Gasteiger partial charge is 0.144 e. The second-order valence-corrected chi connectivity index (χ2v) is 27.4. The fraction of sp³-hybridized carbons (Fsp3) is 0.520. The normalized spacial score (nSPS) is 14.8. The zero-order valence-electron chi connectivity index (χ0n) is 49.3. The summed E-state index contributed by atoms with van der Waals surface area (Å²) in [4.78, 5) is 4.23. The van der Waals surface area contributed by atoms with Crippen LogP contribution in [0.3, 0.4) is 0 Å². The molecule has 10 rings (SSSR count). The molecule has 0 spiro atoms. The number of unbranched alkanes of at least 4 members (excludes halogenated alkanes) is 18. The summed E-state index contributed by atoms with van der Waals surface area (Å²) in [7, 11) is 0. The van der Waals surface area contributed by atoms with E-state index < -0.39 is 0 Å². The van der Waals surface area contributed by atoms with Gasteiger partial charge >= 0.3 is 0 Å². The lowest BCUT2D eigenvalue weighted by Crippen LogP contribution is -2.31. The summed E-state index contributed by atoms with van der Waals surface area (Å²) in [6, 6.07) is 38.2. The van der Waals surface area contributed by atoms with E-state index in [1.807, 2.05) is 34.0 Å². The van der Waals surface area contributed by atoms with E-state index in [-0.39, 0.29) is 16.2 Å². The lowest BCUT2D eigenvalue weighted by atomic mass is 9.63. The second kappa shape index (κ2) is 26.7. The monoisotopic (exact) mass is 1090 g/mol. The molecule has 3 aromatic heterocycles. The first kappa shape index (κ1) is 57.2. The van der Waals surface area contributed by atoms with Gasteiger partial charge in [-0.05, 0) is 175 Å². The van der Waals surface area contributed by atoms with Crippen LogP contribution in [-0.4, -0.2) is 0 Å². The maximum Gasteiger partial charge on any atom is 0.0342 e. The Kier molecular flexibility index (Phi) is 19.6. The highest BCUT2D eigenvalue weighted by molar-refractivity contribution is 7.14. The standard InChI is InChI=1S/C75H96S3/c1-7-13-19-25-43-73(44-26-20-14-8-2)61-52-55(64-34-31-49-76-64)37-40-58(61)67-70(73)68-59-41-38-56(65-35-32-50-77-65)53-62(59)74(45-27-21-15-9-3,46-28-22-16-10-4)72(68)69-60-42-39-57(66-36-33-51-78-66)54-63(60)75(71(67)69,47-29-23-17-11-5)48-30-24-18-12-6/h31-42,49-54H,7-30,43-48H2,1-6H3. The maximum atomic E-state index is 2.79. The highest BCUT2D eigenvalue weighted by Gasteiger charge is 2.57. The van der Waals surface area contributed by atoms with Crippen LogP contribution in [0.4, 0.5) is 0 Å². The predicted molar refractivity (Wildman–Crippen MR) is 348 cm³/mol. The van der Waals surface area contributed by atoms with E-state index in [0.717, 1.165) is 0 Å². The van der Waals surface area contributed by atoms with Crippen molar-refractivity contribution in [2.75, 3.05) is 0 Å². The van der Waals surface area contributed by atoms with Gasteiger partial charge in [0.05, 0.1) is 0 Å². The third-order valence-electron chi connectivity index (χ3n) is 19.5. The number of fused-ring (bicyclic) bond motifs is 12. The van der Waals surface area contributed by atoms with E-state index in [1.54, 1.807) is 66.8 Å². The van der Waals surface area contributed by atoms with Crippen LogP contribution in [0.2, 0.25) is 0 Å². The first-order chi connectivity index (χ1) is 38.4. The quantitative estimate of drug-likeness (QED) is 0.0360. The highest BCUT2D eigenvalue weighted by atomic mass is 32.1. The summed E-state index contributed by atoms with van der Waals surface area (Å²) in [5.74, 6) is 0. The molecule has 3 heteroatoms. The van der Waals surface area contributed by atoms with Gasteiger partial charge in [-0.2, -0.15) is 0 Å². The lowest BCUT2D eigenvalue weighted by molar-refractivity contribution is 0.389. The van der Waals surface area contributed by atoms with Crippen molar-refractivity contribution in [3.63, 3.8) is 0 Å². The summed E-state index contributed by atoms with van der Waals surface area (Å²) in [5, 5.41) is 6.90. The molecule has 3 aliphatic rings. The van der Waals surface area contributed by atoms with Crippen molar-refractivity contribution < 1.29 is 0 Å². The molecule has 78 heavy (non-hydrogen) atoms. The number of rotatable bonds is 33. The van der Waals surface area contributed by atoms with Crippen molar-refractivity contribution in [3.05, 3.63) is 141 Å². The average Bonchev–Trinajstić information content (AvgIpc) is 4.27. The van der Waals surface area contributed by atoms with Crippen LogP contribution in [0, 0.1) is 0 Å². The number of benzene rings is 4. The minimum atomic E-state index is -0.0875. The van der Waals surface area contributed by atoms with Crippen molar-refractivity contribution >= 4 is 34.0 Å². The van der Waals surface area contributed by atoms with Crippen molar-refractivity contribution in [1.29, 1.82) is 0 Å². The molecule has 0 aliphatic heterocycles. The molecule has 0 saturated heterocycles. The van der Waals surface area contributed by atoms with Crippen molar-refractivity contribution in [2.45, 2.75) is 250 Å². The van der Waals surface area contributed by atoms with Gasteiger partial charge in [-0.1, -0.05) is 250 Å². The molecule has 7 aromatic rings. The van der Waals surface area contributed by atoms with Crippen LogP contribution in [0.1, 0.15) is 268 Å². The van der Waals surface area contributed by atoms with Gasteiger partial charge in [0.2, 0.25) is 0 Å². The molecule has 0 radical (unpaired) electrons. The minimum Gasteiger partial charge on any atom is -0.144 e. The van der Waals surface area contributed by atoms with E-state index >= 15 is 0 Å². The molecule has 0 atom stereocenters. The Bertz CT molecular complexity index is 2620. The molecule has 3 aliphatic carbocycles. The first-order valence-electron chi connectivity index (χ1n) is 32.3. The SMILES string of the molecule is CCCCCCC1(CCCCCC)c2cc(-c3cccs3)ccc2-c2c1c1c(c3c2C(CCCCCC)(CCCCCC)c2cc(-c4cccs4)ccc2-3)C(CCCCCC)(CCCCCC)c2cc(-c3cccs3)ccc2-1. The molecular weight excluding hydrogens is 997 g/mol. The molecule has 0 nitrogen and oxygen atoms in total. The van der Waals surface area contributed by atoms with E-state index in [1.165, 1.54) is 224 Å². The topological polar surface area (TPSA) is 0 Å². The Hall–Kier alpha value is -4.02. The molecule has 3 heterocycles. The van der Waals surface area contributed by atoms with Gasteiger partial charge in [0.15, 0.2) is 0 Å².